The zero-order valence-corrected chi connectivity index (χ0v) is 20.2. The highest BCUT2D eigenvalue weighted by atomic mass is 16.5. The number of ether oxygens (including phenoxy) is 2. The van der Waals surface area contributed by atoms with Gasteiger partial charge in [0.2, 0.25) is 0 Å². The lowest BCUT2D eigenvalue weighted by molar-refractivity contribution is -0.214. The van der Waals surface area contributed by atoms with Crippen molar-refractivity contribution in [3.05, 3.63) is 47.5 Å². The van der Waals surface area contributed by atoms with Crippen molar-refractivity contribution in [3.63, 3.8) is 0 Å². The zero-order chi connectivity index (χ0) is 27.0. The van der Waals surface area contributed by atoms with Crippen LogP contribution in [0.4, 0.5) is 0 Å². The van der Waals surface area contributed by atoms with E-state index in [0.717, 1.165) is 21.8 Å². The van der Waals surface area contributed by atoms with Crippen molar-refractivity contribution in [2.75, 3.05) is 13.2 Å². The molecule has 3 heterocycles. The quantitative estimate of drug-likeness (QED) is 0.191. The summed E-state index contributed by atoms with van der Waals surface area (Å²) in [7, 11) is 0. The molecule has 10 heteroatoms. The third-order valence-electron chi connectivity index (χ3n) is 6.96. The smallest absolute Gasteiger partial charge is 0.147 e. The molecule has 10 nitrogen and oxygen atoms in total. The molecule has 2 fully saturated rings. The van der Waals surface area contributed by atoms with E-state index in [4.69, 9.17) is 9.47 Å². The fourth-order valence-corrected chi connectivity index (χ4v) is 4.77. The van der Waals surface area contributed by atoms with Crippen molar-refractivity contribution in [1.82, 2.24) is 4.98 Å². The summed E-state index contributed by atoms with van der Waals surface area (Å²) in [4.78, 5) is 3.33. The van der Waals surface area contributed by atoms with Crippen LogP contribution >= 0.6 is 0 Å². The number of aliphatic hydroxyl groups is 7. The maximum Gasteiger partial charge on any atom is 0.147 e. The molecular formula is C28H29NO9. The van der Waals surface area contributed by atoms with E-state index in [0.29, 0.717) is 11.1 Å². The van der Waals surface area contributed by atoms with Crippen molar-refractivity contribution in [1.29, 1.82) is 0 Å². The minimum Gasteiger partial charge on any atom is -0.394 e. The second-order valence-electron chi connectivity index (χ2n) is 9.59. The van der Waals surface area contributed by atoms with Gasteiger partial charge in [0.05, 0.1) is 25.4 Å². The van der Waals surface area contributed by atoms with Gasteiger partial charge in [0.1, 0.15) is 42.7 Å². The first-order valence-corrected chi connectivity index (χ1v) is 12.3. The highest BCUT2D eigenvalue weighted by Gasteiger charge is 2.42. The van der Waals surface area contributed by atoms with Gasteiger partial charge in [0.15, 0.2) is 0 Å². The monoisotopic (exact) mass is 523 g/mol. The Hall–Kier alpha value is -3.00. The van der Waals surface area contributed by atoms with Crippen LogP contribution in [0.15, 0.2) is 36.4 Å². The lowest BCUT2D eigenvalue weighted by Crippen LogP contribution is -2.58. The van der Waals surface area contributed by atoms with Crippen LogP contribution in [0.5, 0.6) is 0 Å². The lowest BCUT2D eigenvalue weighted by atomic mass is 9.95. The minimum absolute atomic E-state index is 0.138. The van der Waals surface area contributed by atoms with E-state index in [9.17, 15) is 35.7 Å². The first-order chi connectivity index (χ1) is 18.3. The van der Waals surface area contributed by atoms with E-state index in [1.54, 1.807) is 6.07 Å². The fraction of sp³-hybridized carbons (Fsp3) is 0.429. The van der Waals surface area contributed by atoms with Gasteiger partial charge in [0.25, 0.3) is 0 Å². The first kappa shape index (κ1) is 26.6. The van der Waals surface area contributed by atoms with Gasteiger partial charge in [-0.25, -0.2) is 0 Å². The molecule has 9 atom stereocenters. The average molecular weight is 524 g/mol. The Morgan fingerprint density at radius 3 is 1.84 bits per heavy atom. The van der Waals surface area contributed by atoms with E-state index < -0.39 is 61.5 Å². The molecule has 2 saturated heterocycles. The Morgan fingerprint density at radius 2 is 1.29 bits per heavy atom. The topological polar surface area (TPSA) is 176 Å². The molecule has 0 aliphatic carbocycles. The number of hydrogen-bond donors (Lipinski definition) is 8. The highest BCUT2D eigenvalue weighted by molar-refractivity contribution is 6.08. The molecule has 3 aromatic rings. The summed E-state index contributed by atoms with van der Waals surface area (Å²) in [5.41, 5.74) is 3.01. The first-order valence-electron chi connectivity index (χ1n) is 12.3. The van der Waals surface area contributed by atoms with Gasteiger partial charge in [-0.05, 0) is 36.4 Å². The maximum absolute atomic E-state index is 10.2. The van der Waals surface area contributed by atoms with Crippen molar-refractivity contribution < 1.29 is 45.2 Å². The van der Waals surface area contributed by atoms with Crippen molar-refractivity contribution in [2.24, 2.45) is 0 Å². The van der Waals surface area contributed by atoms with Crippen LogP contribution in [-0.2, 0) is 9.47 Å². The van der Waals surface area contributed by atoms with Gasteiger partial charge in [-0.15, -0.1) is 0 Å². The lowest BCUT2D eigenvalue weighted by Gasteiger charge is -2.37. The van der Waals surface area contributed by atoms with Crippen molar-refractivity contribution >= 4 is 21.8 Å². The normalized spacial score (nSPS) is 33.4. The Morgan fingerprint density at radius 1 is 0.711 bits per heavy atom. The summed E-state index contributed by atoms with van der Waals surface area (Å²) in [6.45, 7) is -0.797. The molecular weight excluding hydrogens is 494 g/mol. The third kappa shape index (κ3) is 5.15. The number of H-pyrrole nitrogens is 1. The minimum atomic E-state index is -1.49. The van der Waals surface area contributed by atoms with Crippen LogP contribution in [-0.4, -0.2) is 109 Å². The van der Waals surface area contributed by atoms with Gasteiger partial charge in [-0.2, -0.15) is 0 Å². The third-order valence-corrected chi connectivity index (χ3v) is 6.96. The van der Waals surface area contributed by atoms with Crippen molar-refractivity contribution in [2.45, 2.75) is 61.4 Å². The summed E-state index contributed by atoms with van der Waals surface area (Å²) in [6.07, 6.45) is -10.1. The van der Waals surface area contributed by atoms with E-state index in [2.05, 4.69) is 28.7 Å². The summed E-state index contributed by atoms with van der Waals surface area (Å²) < 4.78 is 11.0. The molecule has 0 radical (unpaired) electrons. The van der Waals surface area contributed by atoms with Crippen LogP contribution in [0.25, 0.3) is 21.8 Å². The molecule has 38 heavy (non-hydrogen) atoms. The Balaban J connectivity index is 1.42. The van der Waals surface area contributed by atoms with Gasteiger partial charge in [0, 0.05) is 39.4 Å². The second-order valence-corrected chi connectivity index (χ2v) is 9.59. The summed E-state index contributed by atoms with van der Waals surface area (Å²) in [5.74, 6) is 11.6. The molecule has 0 saturated carbocycles. The van der Waals surface area contributed by atoms with Gasteiger partial charge in [-0.1, -0.05) is 23.7 Å². The standard InChI is InChI=1S/C28H29NO9/c30-12-16-11-21(32)25(33)22(37-16)7-3-14-1-5-19-17(9-14)18-10-15(2-6-20(18)29-19)4-8-23-26(34)28(36)27(35)24(13-31)38-23/h1-2,5-6,9-10,16,21-36H,11-13H2. The average Bonchev–Trinajstić information content (AvgIpc) is 3.29. The summed E-state index contributed by atoms with van der Waals surface area (Å²) >= 11 is 0. The largest absolute Gasteiger partial charge is 0.394 e. The molecule has 5 rings (SSSR count). The Bertz CT molecular complexity index is 1430. The Labute approximate surface area is 218 Å². The Kier molecular flexibility index (Phi) is 7.70. The van der Waals surface area contributed by atoms with E-state index in [-0.39, 0.29) is 13.0 Å². The van der Waals surface area contributed by atoms with E-state index in [1.165, 1.54) is 0 Å². The van der Waals surface area contributed by atoms with Gasteiger partial charge in [-0.3, -0.25) is 0 Å². The van der Waals surface area contributed by atoms with E-state index >= 15 is 0 Å². The molecule has 2 aliphatic rings. The van der Waals surface area contributed by atoms with Crippen LogP contribution in [0, 0.1) is 23.7 Å². The zero-order valence-electron chi connectivity index (χ0n) is 20.2. The molecule has 9 unspecified atom stereocenters. The highest BCUT2D eigenvalue weighted by Crippen LogP contribution is 2.28. The molecule has 2 aromatic carbocycles. The number of rotatable bonds is 2. The van der Waals surface area contributed by atoms with Gasteiger partial charge >= 0.3 is 0 Å². The molecule has 0 amide bonds. The second kappa shape index (κ2) is 11.0. The van der Waals surface area contributed by atoms with Crippen molar-refractivity contribution in [3.8, 4) is 23.7 Å². The maximum atomic E-state index is 10.2. The predicted molar refractivity (Wildman–Crippen MR) is 136 cm³/mol. The fourth-order valence-electron chi connectivity index (χ4n) is 4.77. The van der Waals surface area contributed by atoms with Gasteiger partial charge < -0.3 is 50.2 Å². The number of aromatic nitrogens is 1. The summed E-state index contributed by atoms with van der Waals surface area (Å²) in [6, 6.07) is 11.1. The number of aromatic amines is 1. The van der Waals surface area contributed by atoms with Crippen LogP contribution in [0.3, 0.4) is 0 Å². The number of benzene rings is 2. The number of fused-ring (bicyclic) bond motifs is 3. The van der Waals surface area contributed by atoms with Crippen LogP contribution < -0.4 is 0 Å². The predicted octanol–water partition coefficient (Wildman–Crippen LogP) is -1.26. The van der Waals surface area contributed by atoms with E-state index in [1.807, 2.05) is 30.3 Å². The molecule has 2 aliphatic heterocycles. The number of aliphatic hydroxyl groups excluding tert-OH is 7. The van der Waals surface area contributed by atoms with Crippen LogP contribution in [0.1, 0.15) is 17.5 Å². The molecule has 0 bridgehead atoms. The molecule has 0 spiro atoms. The number of nitrogens with one attached hydrogen (secondary N) is 1. The molecule has 1 aromatic heterocycles. The number of hydrogen-bond acceptors (Lipinski definition) is 9. The molecule has 200 valence electrons. The SMILES string of the molecule is OCC1CC(O)C(O)C(C#Cc2ccc3[nH]c4ccc(C#CC5OC(CO)C(O)C(O)C5O)cc4c3c2)O1. The van der Waals surface area contributed by atoms with Crippen LogP contribution in [0.2, 0.25) is 0 Å². The summed E-state index contributed by atoms with van der Waals surface area (Å²) in [5, 5.41) is 70.9. The molecule has 8 N–H and O–H groups in total.